The molecule has 0 aromatic heterocycles. The maximum Gasteiger partial charge on any atom is 0.148 e. The Balaban J connectivity index is 4.22. The second kappa shape index (κ2) is 4.50. The summed E-state index contributed by atoms with van der Waals surface area (Å²) in [4.78, 5) is 0. The largest absolute Gasteiger partial charge is 0.334 e. The Morgan fingerprint density at radius 1 is 1.08 bits per heavy atom. The minimum absolute atomic E-state index is 0.284. The van der Waals surface area contributed by atoms with Crippen LogP contribution in [0.5, 0.6) is 0 Å². The number of rotatable bonds is 5. The predicted molar refractivity (Wildman–Crippen MR) is 63.5 cm³/mol. The van der Waals surface area contributed by atoms with E-state index in [-0.39, 0.29) is 5.41 Å². The Labute approximate surface area is 84.7 Å². The molecule has 0 aromatic rings. The van der Waals surface area contributed by atoms with Crippen molar-refractivity contribution < 1.29 is 0 Å². The average Bonchev–Trinajstić information content (AvgIpc) is 2.04. The Morgan fingerprint density at radius 2 is 1.54 bits per heavy atom. The van der Waals surface area contributed by atoms with Crippen LogP contribution in [0.3, 0.4) is 0 Å². The number of nitrogens with two attached hydrogens (primary N) is 1. The first-order valence-electron chi connectivity index (χ1n) is 5.51. The molecule has 0 spiro atoms. The van der Waals surface area contributed by atoms with Gasteiger partial charge in [-0.05, 0) is 11.4 Å². The molecular formula is C11H26BN. The summed E-state index contributed by atoms with van der Waals surface area (Å²) in [5.41, 5.74) is 6.51. The van der Waals surface area contributed by atoms with E-state index in [2.05, 4.69) is 41.5 Å². The molecule has 0 saturated carbocycles. The van der Waals surface area contributed by atoms with Crippen LogP contribution in [0.15, 0.2) is 0 Å². The fourth-order valence-corrected chi connectivity index (χ4v) is 1.28. The SMILES string of the molecule is CCC(C)(C)BC(N)C(C)(C)CC. The first-order valence-corrected chi connectivity index (χ1v) is 5.51. The fourth-order valence-electron chi connectivity index (χ4n) is 1.28. The highest BCUT2D eigenvalue weighted by atomic mass is 14.6. The molecule has 0 bridgehead atoms. The van der Waals surface area contributed by atoms with Crippen LogP contribution >= 0.6 is 0 Å². The molecule has 0 aliphatic heterocycles. The van der Waals surface area contributed by atoms with Crippen LogP contribution < -0.4 is 5.73 Å². The van der Waals surface area contributed by atoms with Gasteiger partial charge in [0.2, 0.25) is 0 Å². The van der Waals surface area contributed by atoms with Crippen LogP contribution in [0.4, 0.5) is 0 Å². The van der Waals surface area contributed by atoms with Crippen molar-refractivity contribution in [3.8, 4) is 0 Å². The Morgan fingerprint density at radius 3 is 1.85 bits per heavy atom. The molecule has 2 heteroatoms. The van der Waals surface area contributed by atoms with E-state index < -0.39 is 0 Å². The lowest BCUT2D eigenvalue weighted by atomic mass is 9.44. The summed E-state index contributed by atoms with van der Waals surface area (Å²) < 4.78 is 0. The highest BCUT2D eigenvalue weighted by Gasteiger charge is 2.30. The zero-order valence-electron chi connectivity index (χ0n) is 10.3. The van der Waals surface area contributed by atoms with Gasteiger partial charge in [0.1, 0.15) is 7.28 Å². The maximum absolute atomic E-state index is 6.22. The van der Waals surface area contributed by atoms with Gasteiger partial charge < -0.3 is 5.73 Å². The van der Waals surface area contributed by atoms with Crippen molar-refractivity contribution in [3.05, 3.63) is 0 Å². The van der Waals surface area contributed by atoms with Crippen molar-refractivity contribution in [2.75, 3.05) is 0 Å². The molecular weight excluding hydrogens is 157 g/mol. The minimum Gasteiger partial charge on any atom is -0.334 e. The molecule has 1 unspecified atom stereocenters. The smallest absolute Gasteiger partial charge is 0.148 e. The molecule has 0 aliphatic rings. The summed E-state index contributed by atoms with van der Waals surface area (Å²) in [6, 6.07) is 0. The highest BCUT2D eigenvalue weighted by Crippen LogP contribution is 2.32. The topological polar surface area (TPSA) is 26.0 Å². The third-order valence-electron chi connectivity index (χ3n) is 3.64. The summed E-state index contributed by atoms with van der Waals surface area (Å²) in [6.07, 6.45) is 2.37. The van der Waals surface area contributed by atoms with E-state index in [1.165, 1.54) is 6.42 Å². The molecule has 0 rings (SSSR count). The second-order valence-corrected chi connectivity index (χ2v) is 5.67. The lowest BCUT2D eigenvalue weighted by molar-refractivity contribution is 0.328. The van der Waals surface area contributed by atoms with Crippen molar-refractivity contribution >= 4 is 7.28 Å². The molecule has 0 fully saturated rings. The average molecular weight is 183 g/mol. The van der Waals surface area contributed by atoms with Crippen LogP contribution in [0.1, 0.15) is 54.4 Å². The van der Waals surface area contributed by atoms with Crippen LogP contribution in [0.25, 0.3) is 0 Å². The molecule has 0 saturated heterocycles. The standard InChI is InChI=1S/C11H26BN/c1-7-10(3,4)9(13)12-11(5,6)8-2/h9,12H,7-8,13H2,1-6H3. The maximum atomic E-state index is 6.22. The van der Waals surface area contributed by atoms with Crippen molar-refractivity contribution in [1.82, 2.24) is 0 Å². The van der Waals surface area contributed by atoms with Crippen molar-refractivity contribution in [2.24, 2.45) is 11.1 Å². The summed E-state index contributed by atoms with van der Waals surface area (Å²) in [5, 5.41) is 0.395. The summed E-state index contributed by atoms with van der Waals surface area (Å²) in [7, 11) is 1.13. The van der Waals surface area contributed by atoms with Gasteiger partial charge in [-0.1, -0.05) is 59.7 Å². The van der Waals surface area contributed by atoms with E-state index in [1.54, 1.807) is 0 Å². The van der Waals surface area contributed by atoms with Gasteiger partial charge in [0.15, 0.2) is 0 Å². The molecule has 0 aromatic carbocycles. The fraction of sp³-hybridized carbons (Fsp3) is 1.00. The molecule has 0 heterocycles. The molecule has 1 atom stereocenters. The molecule has 13 heavy (non-hydrogen) atoms. The number of hydrogen-bond acceptors (Lipinski definition) is 1. The lowest BCUT2D eigenvalue weighted by Crippen LogP contribution is -2.45. The molecule has 0 aliphatic carbocycles. The normalized spacial score (nSPS) is 15.6. The lowest BCUT2D eigenvalue weighted by Gasteiger charge is -2.35. The van der Waals surface area contributed by atoms with E-state index in [9.17, 15) is 0 Å². The molecule has 78 valence electrons. The molecule has 2 N–H and O–H groups in total. The predicted octanol–water partition coefficient (Wildman–Crippen LogP) is 2.75. The third-order valence-corrected chi connectivity index (χ3v) is 3.64. The first kappa shape index (κ1) is 13.0. The molecule has 0 amide bonds. The Kier molecular flexibility index (Phi) is 4.51. The monoisotopic (exact) mass is 183 g/mol. The second-order valence-electron chi connectivity index (χ2n) is 5.67. The quantitative estimate of drug-likeness (QED) is 0.651. The van der Waals surface area contributed by atoms with Crippen LogP contribution in [-0.4, -0.2) is 13.2 Å². The van der Waals surface area contributed by atoms with Gasteiger partial charge in [0, 0.05) is 0 Å². The summed E-state index contributed by atoms with van der Waals surface area (Å²) in [6.45, 7) is 13.6. The van der Waals surface area contributed by atoms with Gasteiger partial charge in [0.25, 0.3) is 0 Å². The van der Waals surface area contributed by atoms with E-state index >= 15 is 0 Å². The van der Waals surface area contributed by atoms with Crippen molar-refractivity contribution in [1.29, 1.82) is 0 Å². The van der Waals surface area contributed by atoms with Gasteiger partial charge in [-0.25, -0.2) is 0 Å². The zero-order chi connectivity index (χ0) is 10.7. The molecule has 0 radical (unpaired) electrons. The third kappa shape index (κ3) is 4.17. The van der Waals surface area contributed by atoms with Gasteiger partial charge in [0.05, 0.1) is 0 Å². The summed E-state index contributed by atoms with van der Waals surface area (Å²) in [5.74, 6) is 0.326. The van der Waals surface area contributed by atoms with Crippen LogP contribution in [-0.2, 0) is 0 Å². The van der Waals surface area contributed by atoms with Crippen LogP contribution in [0, 0.1) is 5.41 Å². The van der Waals surface area contributed by atoms with E-state index in [0.29, 0.717) is 11.3 Å². The first-order chi connectivity index (χ1) is 5.75. The van der Waals surface area contributed by atoms with E-state index in [0.717, 1.165) is 13.7 Å². The van der Waals surface area contributed by atoms with Gasteiger partial charge in [-0.15, -0.1) is 0 Å². The number of hydrogen-bond donors (Lipinski definition) is 1. The van der Waals surface area contributed by atoms with E-state index in [4.69, 9.17) is 5.73 Å². The Bertz CT molecular complexity index is 152. The van der Waals surface area contributed by atoms with Gasteiger partial charge >= 0.3 is 0 Å². The Hall–Kier alpha value is 0.0249. The highest BCUT2D eigenvalue weighted by molar-refractivity contribution is 6.42. The minimum atomic E-state index is 0.284. The van der Waals surface area contributed by atoms with Crippen molar-refractivity contribution in [2.45, 2.75) is 65.6 Å². The van der Waals surface area contributed by atoms with Gasteiger partial charge in [-0.2, -0.15) is 0 Å². The zero-order valence-corrected chi connectivity index (χ0v) is 10.3. The van der Waals surface area contributed by atoms with E-state index in [1.807, 2.05) is 0 Å². The van der Waals surface area contributed by atoms with Crippen LogP contribution in [0.2, 0.25) is 5.31 Å². The molecule has 1 nitrogen and oxygen atoms in total. The van der Waals surface area contributed by atoms with Gasteiger partial charge in [-0.3, -0.25) is 0 Å². The van der Waals surface area contributed by atoms with Crippen molar-refractivity contribution in [3.63, 3.8) is 0 Å². The summed E-state index contributed by atoms with van der Waals surface area (Å²) >= 11 is 0.